The number of hydrogen-bond donors (Lipinski definition) is 0. The Kier molecular flexibility index (Phi) is 5.23. The average Bonchev–Trinajstić information content (AvgIpc) is 2.80. The number of fused-ring (bicyclic) bond motifs is 1. The number of rotatable bonds is 3. The van der Waals surface area contributed by atoms with Crippen molar-refractivity contribution in [2.24, 2.45) is 9.98 Å². The predicted octanol–water partition coefficient (Wildman–Crippen LogP) is 5.67. The molecule has 3 rings (SSSR count). The molecule has 7 heteroatoms. The van der Waals surface area contributed by atoms with Crippen molar-refractivity contribution in [1.29, 1.82) is 0 Å². The van der Waals surface area contributed by atoms with Crippen molar-refractivity contribution in [2.75, 3.05) is 14.2 Å². The Bertz CT molecular complexity index is 858. The number of benzene rings is 2. The Morgan fingerprint density at radius 3 is 2.12 bits per heavy atom. The number of hydrogen-bond acceptors (Lipinski definition) is 4. The van der Waals surface area contributed by atoms with Gasteiger partial charge in [-0.05, 0) is 30.3 Å². The molecule has 1 heterocycles. The molecule has 0 radical (unpaired) electrons. The highest BCUT2D eigenvalue weighted by Crippen LogP contribution is 2.38. The molecule has 0 unspecified atom stereocenters. The van der Waals surface area contributed by atoms with Crippen LogP contribution in [0.4, 0.5) is 11.4 Å². The molecule has 2 aromatic rings. The topological polar surface area (TPSA) is 43.2 Å². The van der Waals surface area contributed by atoms with Crippen LogP contribution < -0.4 is 9.47 Å². The van der Waals surface area contributed by atoms with Crippen molar-refractivity contribution in [2.45, 2.75) is 10.2 Å². The summed E-state index contributed by atoms with van der Waals surface area (Å²) in [5.74, 6) is 1.24. The maximum atomic E-state index is 6.11. The number of aliphatic imine (C=N–C) groups is 2. The van der Waals surface area contributed by atoms with Crippen LogP contribution in [0.3, 0.4) is 0 Å². The highest BCUT2D eigenvalue weighted by Gasteiger charge is 2.31. The minimum Gasteiger partial charge on any atom is -0.493 e. The van der Waals surface area contributed by atoms with E-state index in [2.05, 4.69) is 4.99 Å². The monoisotopic (exact) mass is 396 g/mol. The number of halogens is 3. The molecule has 0 N–H and O–H groups in total. The van der Waals surface area contributed by atoms with Crippen LogP contribution in [0.2, 0.25) is 0 Å². The summed E-state index contributed by atoms with van der Waals surface area (Å²) in [6.45, 7) is 0. The van der Waals surface area contributed by atoms with Gasteiger partial charge in [0, 0.05) is 12.0 Å². The summed E-state index contributed by atoms with van der Waals surface area (Å²) in [5.41, 5.74) is 3.37. The molecule has 1 aliphatic heterocycles. The smallest absolute Gasteiger partial charge is 0.229 e. The maximum absolute atomic E-state index is 6.11. The first-order valence-corrected chi connectivity index (χ1v) is 8.59. The third kappa shape index (κ3) is 3.92. The van der Waals surface area contributed by atoms with Gasteiger partial charge in [0.25, 0.3) is 0 Å². The lowest BCUT2D eigenvalue weighted by atomic mass is 10.0. The normalized spacial score (nSPS) is 14.1. The first kappa shape index (κ1) is 18.1. The van der Waals surface area contributed by atoms with Gasteiger partial charge >= 0.3 is 0 Å². The van der Waals surface area contributed by atoms with Gasteiger partial charge in [-0.25, -0.2) is 0 Å². The van der Waals surface area contributed by atoms with Crippen LogP contribution in [0, 0.1) is 0 Å². The molecule has 1 aliphatic rings. The van der Waals surface area contributed by atoms with Gasteiger partial charge < -0.3 is 9.47 Å². The fraction of sp³-hybridized carbons (Fsp3) is 0.222. The Morgan fingerprint density at radius 1 is 0.880 bits per heavy atom. The molecule has 0 saturated heterocycles. The van der Waals surface area contributed by atoms with E-state index in [9.17, 15) is 0 Å². The van der Waals surface area contributed by atoms with Crippen LogP contribution in [0.1, 0.15) is 12.0 Å². The number of methoxy groups -OCH3 is 2. The molecular weight excluding hydrogens is 383 g/mol. The van der Waals surface area contributed by atoms with Crippen molar-refractivity contribution < 1.29 is 9.47 Å². The summed E-state index contributed by atoms with van der Waals surface area (Å²) >= 11 is 18.3. The molecule has 25 heavy (non-hydrogen) atoms. The van der Waals surface area contributed by atoms with E-state index >= 15 is 0 Å². The molecular formula is C18H15Cl3N2O2. The Hall–Kier alpha value is -1.75. The van der Waals surface area contributed by atoms with Crippen molar-refractivity contribution in [3.8, 4) is 11.5 Å². The second-order valence-corrected chi connectivity index (χ2v) is 7.63. The van der Waals surface area contributed by atoms with Crippen LogP contribution >= 0.6 is 34.8 Å². The van der Waals surface area contributed by atoms with Crippen LogP contribution in [0.25, 0.3) is 0 Å². The van der Waals surface area contributed by atoms with Crippen molar-refractivity contribution in [3.05, 3.63) is 48.0 Å². The fourth-order valence-electron chi connectivity index (χ4n) is 2.53. The number of para-hydroxylation sites is 2. The van der Waals surface area contributed by atoms with Crippen molar-refractivity contribution in [1.82, 2.24) is 0 Å². The standard InChI is InChI=1S/C18H15Cl3N2O2/c1-24-15-8-7-11(9-16(15)25-2)14-10-17(18(19,20)21)23-13-6-4-3-5-12(13)22-14/h3-9H,10H2,1-2H3. The number of ether oxygens (including phenoxy) is 2. The zero-order valence-corrected chi connectivity index (χ0v) is 15.9. The van der Waals surface area contributed by atoms with Crippen LogP contribution in [0.5, 0.6) is 11.5 Å². The summed E-state index contributed by atoms with van der Waals surface area (Å²) in [5, 5.41) is 0. The lowest BCUT2D eigenvalue weighted by Crippen LogP contribution is -2.22. The highest BCUT2D eigenvalue weighted by atomic mass is 35.6. The van der Waals surface area contributed by atoms with Crippen molar-refractivity contribution in [3.63, 3.8) is 0 Å². The van der Waals surface area contributed by atoms with Crippen molar-refractivity contribution >= 4 is 57.6 Å². The van der Waals surface area contributed by atoms with Gasteiger partial charge in [-0.2, -0.15) is 0 Å². The summed E-state index contributed by atoms with van der Waals surface area (Å²) < 4.78 is 9.04. The van der Waals surface area contributed by atoms with E-state index in [0.717, 1.165) is 17.0 Å². The second kappa shape index (κ2) is 7.24. The molecule has 0 aliphatic carbocycles. The molecule has 0 amide bonds. The second-order valence-electron chi connectivity index (χ2n) is 5.35. The van der Waals surface area contributed by atoms with Gasteiger partial charge in [-0.3, -0.25) is 9.98 Å². The van der Waals surface area contributed by atoms with Gasteiger partial charge in [0.1, 0.15) is 0 Å². The molecule has 130 valence electrons. The SMILES string of the molecule is COc1ccc(C2=Nc3ccccc3N=C(C(Cl)(Cl)Cl)C2)cc1OC. The molecule has 0 spiro atoms. The van der Waals surface area contributed by atoms with Gasteiger partial charge in [0.2, 0.25) is 3.79 Å². The van der Waals surface area contributed by atoms with Crippen LogP contribution in [0.15, 0.2) is 52.4 Å². The van der Waals surface area contributed by atoms with E-state index in [1.54, 1.807) is 14.2 Å². The number of alkyl halides is 3. The number of nitrogens with zero attached hydrogens (tertiary/aromatic N) is 2. The lowest BCUT2D eigenvalue weighted by Gasteiger charge is -2.15. The molecule has 0 saturated carbocycles. The molecule has 0 fully saturated rings. The van der Waals surface area contributed by atoms with Gasteiger partial charge in [-0.1, -0.05) is 46.9 Å². The first-order valence-electron chi connectivity index (χ1n) is 7.46. The van der Waals surface area contributed by atoms with Gasteiger partial charge in [-0.15, -0.1) is 0 Å². The Balaban J connectivity index is 2.13. The Morgan fingerprint density at radius 2 is 1.52 bits per heavy atom. The summed E-state index contributed by atoms with van der Waals surface area (Å²) in [7, 11) is 3.17. The molecule has 4 nitrogen and oxygen atoms in total. The minimum absolute atomic E-state index is 0.306. The molecule has 2 aromatic carbocycles. The predicted molar refractivity (Wildman–Crippen MR) is 104 cm³/mol. The Labute approximate surface area is 161 Å². The summed E-state index contributed by atoms with van der Waals surface area (Å²) in [4.78, 5) is 9.25. The van der Waals surface area contributed by atoms with Crippen LogP contribution in [-0.4, -0.2) is 29.4 Å². The molecule has 0 atom stereocenters. The lowest BCUT2D eigenvalue weighted by molar-refractivity contribution is 0.355. The maximum Gasteiger partial charge on any atom is 0.229 e. The van der Waals surface area contributed by atoms with E-state index in [4.69, 9.17) is 49.3 Å². The van der Waals surface area contributed by atoms with Crippen LogP contribution in [-0.2, 0) is 0 Å². The third-order valence-electron chi connectivity index (χ3n) is 3.77. The zero-order valence-electron chi connectivity index (χ0n) is 13.6. The zero-order chi connectivity index (χ0) is 18.0. The molecule has 0 aromatic heterocycles. The van der Waals surface area contributed by atoms with E-state index in [1.807, 2.05) is 42.5 Å². The summed E-state index contributed by atoms with van der Waals surface area (Å²) in [6.07, 6.45) is 0.306. The quantitative estimate of drug-likeness (QED) is 0.626. The molecule has 0 bridgehead atoms. The summed E-state index contributed by atoms with van der Waals surface area (Å²) in [6, 6.07) is 13.0. The van der Waals surface area contributed by atoms with E-state index in [-0.39, 0.29) is 0 Å². The first-order chi connectivity index (χ1) is 11.9. The largest absolute Gasteiger partial charge is 0.493 e. The third-order valence-corrected chi connectivity index (χ3v) is 4.43. The minimum atomic E-state index is -1.62. The van der Waals surface area contributed by atoms with Gasteiger partial charge in [0.05, 0.1) is 37.0 Å². The van der Waals surface area contributed by atoms with E-state index in [1.165, 1.54) is 0 Å². The van der Waals surface area contributed by atoms with Gasteiger partial charge in [0.15, 0.2) is 11.5 Å². The average molecular weight is 398 g/mol. The highest BCUT2D eigenvalue weighted by molar-refractivity contribution is 6.77. The fourth-order valence-corrected chi connectivity index (χ4v) is 2.85. The van der Waals surface area contributed by atoms with E-state index < -0.39 is 3.79 Å². The van der Waals surface area contributed by atoms with E-state index in [0.29, 0.717) is 29.3 Å².